The lowest BCUT2D eigenvalue weighted by molar-refractivity contribution is -0.124. The minimum absolute atomic E-state index is 0.118. The quantitative estimate of drug-likeness (QED) is 0.706. The highest BCUT2D eigenvalue weighted by molar-refractivity contribution is 7.89. The van der Waals surface area contributed by atoms with Gasteiger partial charge in [-0.15, -0.1) is 0 Å². The number of hydrogen-bond donors (Lipinski definition) is 1. The summed E-state index contributed by atoms with van der Waals surface area (Å²) in [6.07, 6.45) is 0.835. The van der Waals surface area contributed by atoms with E-state index in [0.29, 0.717) is 24.2 Å². The summed E-state index contributed by atoms with van der Waals surface area (Å²) in [6, 6.07) is 11.7. The third-order valence-corrected chi connectivity index (χ3v) is 8.24. The first kappa shape index (κ1) is 23.2. The second-order valence-corrected chi connectivity index (χ2v) is 10.2. The van der Waals surface area contributed by atoms with Crippen molar-refractivity contribution in [2.45, 2.75) is 31.9 Å². The first-order valence-electron chi connectivity index (χ1n) is 10.5. The summed E-state index contributed by atoms with van der Waals surface area (Å²) in [4.78, 5) is 12.7. The van der Waals surface area contributed by atoms with Gasteiger partial charge in [0.2, 0.25) is 15.9 Å². The molecule has 1 aliphatic heterocycles. The van der Waals surface area contributed by atoms with E-state index in [2.05, 4.69) is 5.32 Å². The van der Waals surface area contributed by atoms with Crippen LogP contribution in [0.25, 0.3) is 11.1 Å². The summed E-state index contributed by atoms with van der Waals surface area (Å²) in [5.74, 6) is -0.589. The van der Waals surface area contributed by atoms with E-state index in [1.165, 1.54) is 23.5 Å². The van der Waals surface area contributed by atoms with Gasteiger partial charge in [-0.1, -0.05) is 31.2 Å². The lowest BCUT2D eigenvalue weighted by atomic mass is 9.91. The monoisotopic (exact) mass is 448 g/mol. The van der Waals surface area contributed by atoms with Gasteiger partial charge in [-0.05, 0) is 49.1 Å². The molecule has 0 aliphatic carbocycles. The van der Waals surface area contributed by atoms with Crippen LogP contribution in [-0.4, -0.2) is 50.6 Å². The molecule has 6 nitrogen and oxygen atoms in total. The number of halogens is 1. The summed E-state index contributed by atoms with van der Waals surface area (Å²) in [7, 11) is -1.97. The van der Waals surface area contributed by atoms with Gasteiger partial charge in [0.05, 0.1) is 18.3 Å². The molecule has 0 saturated carbocycles. The lowest BCUT2D eigenvalue weighted by Crippen LogP contribution is -2.41. The number of methoxy groups -OCH3 is 1. The molecule has 1 fully saturated rings. The number of nitrogens with one attached hydrogen (secondary N) is 1. The minimum atomic E-state index is -3.49. The number of carbonyl (C=O) groups is 1. The fourth-order valence-electron chi connectivity index (χ4n) is 3.84. The molecule has 1 aliphatic rings. The second-order valence-electron chi connectivity index (χ2n) is 7.82. The van der Waals surface area contributed by atoms with Crippen LogP contribution in [0.4, 0.5) is 4.39 Å². The maximum atomic E-state index is 14.0. The van der Waals surface area contributed by atoms with Crippen molar-refractivity contribution >= 4 is 15.9 Å². The van der Waals surface area contributed by atoms with Crippen LogP contribution in [0, 0.1) is 11.7 Å². The number of amides is 1. The van der Waals surface area contributed by atoms with Gasteiger partial charge in [0.1, 0.15) is 11.6 Å². The molecule has 0 bridgehead atoms. The van der Waals surface area contributed by atoms with E-state index in [9.17, 15) is 17.6 Å². The molecule has 0 spiro atoms. The zero-order chi connectivity index (χ0) is 22.6. The van der Waals surface area contributed by atoms with Crippen LogP contribution in [0.5, 0.6) is 5.75 Å². The Labute approximate surface area is 183 Å². The standard InChI is InChI=1S/C23H29FN2O4S/c1-4-16(2)31(28,29)26-12-11-25-23(27)18(15-26)13-17-7-5-6-8-20(17)21-14-19(24)9-10-22(21)30-3/h5-10,14,16,18H,4,11-13,15H2,1-3H3,(H,25,27)/t16-,18+/m1/s1. The normalized spacial score (nSPS) is 18.8. The van der Waals surface area contributed by atoms with Crippen LogP contribution < -0.4 is 10.1 Å². The minimum Gasteiger partial charge on any atom is -0.496 e. The molecule has 3 rings (SSSR count). The summed E-state index contributed by atoms with van der Waals surface area (Å²) in [6.45, 7) is 4.19. The number of ether oxygens (including phenoxy) is 1. The SMILES string of the molecule is CC[C@@H](C)S(=O)(=O)N1CCNC(=O)[C@@H](Cc2ccccc2-c2cc(F)ccc2OC)C1. The predicted octanol–water partition coefficient (Wildman–Crippen LogP) is 3.22. The molecular weight excluding hydrogens is 419 g/mol. The fourth-order valence-corrected chi connectivity index (χ4v) is 5.50. The molecule has 8 heteroatoms. The topological polar surface area (TPSA) is 75.7 Å². The number of sulfonamides is 1. The van der Waals surface area contributed by atoms with Crippen LogP contribution in [0.2, 0.25) is 0 Å². The smallest absolute Gasteiger partial charge is 0.224 e. The van der Waals surface area contributed by atoms with Crippen molar-refractivity contribution in [1.82, 2.24) is 9.62 Å². The Hall–Kier alpha value is -2.45. The third kappa shape index (κ3) is 5.07. The molecule has 2 aromatic carbocycles. The molecule has 2 atom stereocenters. The van der Waals surface area contributed by atoms with Gasteiger partial charge < -0.3 is 10.1 Å². The summed E-state index contributed by atoms with van der Waals surface area (Å²) >= 11 is 0. The molecular formula is C23H29FN2O4S. The largest absolute Gasteiger partial charge is 0.496 e. The lowest BCUT2D eigenvalue weighted by Gasteiger charge is -2.26. The zero-order valence-electron chi connectivity index (χ0n) is 18.1. The van der Waals surface area contributed by atoms with E-state index in [4.69, 9.17) is 4.74 Å². The molecule has 1 heterocycles. The maximum absolute atomic E-state index is 14.0. The van der Waals surface area contributed by atoms with E-state index in [0.717, 1.165) is 11.1 Å². The van der Waals surface area contributed by atoms with Crippen molar-refractivity contribution in [3.05, 3.63) is 53.8 Å². The highest BCUT2D eigenvalue weighted by Gasteiger charge is 2.34. The summed E-state index contributed by atoms with van der Waals surface area (Å²) in [5, 5.41) is 2.33. The number of nitrogens with zero attached hydrogens (tertiary/aromatic N) is 1. The van der Waals surface area contributed by atoms with Crippen LogP contribution in [0.3, 0.4) is 0 Å². The van der Waals surface area contributed by atoms with Crippen molar-refractivity contribution in [2.75, 3.05) is 26.7 Å². The summed E-state index contributed by atoms with van der Waals surface area (Å²) < 4.78 is 46.6. The van der Waals surface area contributed by atoms with Crippen molar-refractivity contribution in [3.8, 4) is 16.9 Å². The van der Waals surface area contributed by atoms with Gasteiger partial charge in [-0.25, -0.2) is 12.8 Å². The number of benzene rings is 2. The van der Waals surface area contributed by atoms with Gasteiger partial charge in [0.15, 0.2) is 0 Å². The third-order valence-electron chi connectivity index (χ3n) is 5.83. The van der Waals surface area contributed by atoms with Crippen LogP contribution in [-0.2, 0) is 21.2 Å². The van der Waals surface area contributed by atoms with Gasteiger partial charge in [-0.3, -0.25) is 4.79 Å². The molecule has 31 heavy (non-hydrogen) atoms. The average Bonchev–Trinajstić information content (AvgIpc) is 2.95. The highest BCUT2D eigenvalue weighted by atomic mass is 32.2. The van der Waals surface area contributed by atoms with Crippen molar-refractivity contribution in [2.24, 2.45) is 5.92 Å². The fraction of sp³-hybridized carbons (Fsp3) is 0.435. The number of hydrogen-bond acceptors (Lipinski definition) is 4. The molecule has 0 aromatic heterocycles. The van der Waals surface area contributed by atoms with Crippen LogP contribution >= 0.6 is 0 Å². The molecule has 1 amide bonds. The summed E-state index contributed by atoms with van der Waals surface area (Å²) in [5.41, 5.74) is 2.18. The van der Waals surface area contributed by atoms with Crippen molar-refractivity contribution < 1.29 is 22.3 Å². The van der Waals surface area contributed by atoms with Gasteiger partial charge in [0, 0.05) is 25.2 Å². The first-order valence-corrected chi connectivity index (χ1v) is 12.0. The second kappa shape index (κ2) is 9.78. The van der Waals surface area contributed by atoms with E-state index in [1.807, 2.05) is 31.2 Å². The number of rotatable bonds is 7. The zero-order valence-corrected chi connectivity index (χ0v) is 18.9. The highest BCUT2D eigenvalue weighted by Crippen LogP contribution is 2.34. The first-order chi connectivity index (χ1) is 14.8. The Morgan fingerprint density at radius 3 is 2.68 bits per heavy atom. The Morgan fingerprint density at radius 2 is 1.97 bits per heavy atom. The van der Waals surface area contributed by atoms with Gasteiger partial charge in [0.25, 0.3) is 0 Å². The van der Waals surface area contributed by atoms with Gasteiger partial charge >= 0.3 is 0 Å². The Kier molecular flexibility index (Phi) is 7.33. The molecule has 0 unspecified atom stereocenters. The van der Waals surface area contributed by atoms with E-state index in [-0.39, 0.29) is 31.4 Å². The van der Waals surface area contributed by atoms with Crippen LogP contribution in [0.1, 0.15) is 25.8 Å². The average molecular weight is 449 g/mol. The Balaban J connectivity index is 1.95. The molecule has 168 valence electrons. The van der Waals surface area contributed by atoms with E-state index < -0.39 is 21.2 Å². The molecule has 1 saturated heterocycles. The maximum Gasteiger partial charge on any atom is 0.224 e. The van der Waals surface area contributed by atoms with Gasteiger partial charge in [-0.2, -0.15) is 4.31 Å². The Morgan fingerprint density at radius 1 is 1.23 bits per heavy atom. The number of carbonyl (C=O) groups excluding carboxylic acids is 1. The predicted molar refractivity (Wildman–Crippen MR) is 119 cm³/mol. The Bertz CT molecular complexity index is 1040. The van der Waals surface area contributed by atoms with E-state index >= 15 is 0 Å². The molecule has 1 N–H and O–H groups in total. The van der Waals surface area contributed by atoms with Crippen molar-refractivity contribution in [3.63, 3.8) is 0 Å². The van der Waals surface area contributed by atoms with Crippen molar-refractivity contribution in [1.29, 1.82) is 0 Å². The van der Waals surface area contributed by atoms with E-state index in [1.54, 1.807) is 13.0 Å². The molecule has 2 aromatic rings. The van der Waals surface area contributed by atoms with Crippen LogP contribution in [0.15, 0.2) is 42.5 Å². The molecule has 0 radical (unpaired) electrons.